The normalized spacial score (nSPS) is 11.5. The van der Waals surface area contributed by atoms with Crippen LogP contribution in [0.2, 0.25) is 0 Å². The summed E-state index contributed by atoms with van der Waals surface area (Å²) in [6.45, 7) is 1.83. The Labute approximate surface area is 207 Å². The number of nitrogens with two attached hydrogens (primary N) is 2. The summed E-state index contributed by atoms with van der Waals surface area (Å²) >= 11 is 0. The fraction of sp³-hybridized carbons (Fsp3) is 0.0385. The summed E-state index contributed by atoms with van der Waals surface area (Å²) in [5, 5.41) is 14.5. The number of nitrogens with zero attached hydrogens (tertiary/aromatic N) is 3. The molecule has 9 nitrogen and oxygen atoms in total. The summed E-state index contributed by atoms with van der Waals surface area (Å²) < 4.78 is 25.5. The molecule has 0 saturated heterocycles. The van der Waals surface area contributed by atoms with E-state index >= 15 is 0 Å². The molecule has 0 aliphatic carbocycles. The van der Waals surface area contributed by atoms with E-state index in [1.54, 1.807) is 59.4 Å². The molecule has 0 saturated carbocycles. The van der Waals surface area contributed by atoms with Crippen LogP contribution >= 0.6 is 0 Å². The van der Waals surface area contributed by atoms with Gasteiger partial charge >= 0.3 is 0 Å². The van der Waals surface area contributed by atoms with Gasteiger partial charge in [-0.15, -0.1) is 0 Å². The number of hydrogen-bond donors (Lipinski definition) is 3. The Bertz CT molecular complexity index is 1720. The number of fused-ring (bicyclic) bond motifs is 1. The van der Waals surface area contributed by atoms with Gasteiger partial charge in [0.15, 0.2) is 0 Å². The first kappa shape index (κ1) is 23.2. The molecule has 5 N–H and O–H groups in total. The van der Waals surface area contributed by atoms with Crippen molar-refractivity contribution >= 4 is 38.3 Å². The van der Waals surface area contributed by atoms with Crippen molar-refractivity contribution in [3.05, 3.63) is 96.3 Å². The second kappa shape index (κ2) is 8.91. The maximum Gasteiger partial charge on any atom is 0.256 e. The molecule has 1 amide bonds. The number of rotatable bonds is 5. The quantitative estimate of drug-likeness (QED) is 0.335. The van der Waals surface area contributed by atoms with Gasteiger partial charge in [0, 0.05) is 28.8 Å². The highest BCUT2D eigenvalue weighted by molar-refractivity contribution is 7.89. The fourth-order valence-electron chi connectivity index (χ4n) is 4.13. The molecule has 180 valence electrons. The topological polar surface area (TPSA) is 146 Å². The highest BCUT2D eigenvalue weighted by atomic mass is 32.2. The Hall–Kier alpha value is -4.54. The number of hydrogen-bond acceptors (Lipinski definition) is 6. The molecule has 2 heterocycles. The van der Waals surface area contributed by atoms with Crippen molar-refractivity contribution in [2.45, 2.75) is 11.8 Å². The van der Waals surface area contributed by atoms with E-state index in [1.165, 1.54) is 6.07 Å². The van der Waals surface area contributed by atoms with Crippen LogP contribution in [0.25, 0.3) is 27.6 Å². The summed E-state index contributed by atoms with van der Waals surface area (Å²) in [5.41, 5.74) is 9.02. The summed E-state index contributed by atoms with van der Waals surface area (Å²) in [7, 11) is -3.90. The van der Waals surface area contributed by atoms with Crippen LogP contribution < -0.4 is 16.2 Å². The van der Waals surface area contributed by atoms with Crippen molar-refractivity contribution in [2.24, 2.45) is 5.14 Å². The number of amides is 1. The number of carbonyl (C=O) groups is 1. The van der Waals surface area contributed by atoms with Crippen molar-refractivity contribution in [2.75, 3.05) is 11.1 Å². The zero-order valence-corrected chi connectivity index (χ0v) is 20.0. The van der Waals surface area contributed by atoms with Gasteiger partial charge in [0.2, 0.25) is 10.0 Å². The minimum Gasteiger partial charge on any atom is -0.383 e. The average Bonchev–Trinajstić information content (AvgIpc) is 3.23. The molecule has 0 atom stereocenters. The van der Waals surface area contributed by atoms with E-state index in [2.05, 4.69) is 15.4 Å². The van der Waals surface area contributed by atoms with Gasteiger partial charge in [-0.25, -0.2) is 23.2 Å². The Balaban J connectivity index is 1.47. The van der Waals surface area contributed by atoms with E-state index in [0.717, 1.165) is 10.8 Å². The minimum absolute atomic E-state index is 0.0189. The molecule has 0 spiro atoms. The summed E-state index contributed by atoms with van der Waals surface area (Å²) in [6.07, 6.45) is 1.64. The van der Waals surface area contributed by atoms with Crippen molar-refractivity contribution < 1.29 is 13.2 Å². The monoisotopic (exact) mass is 498 g/mol. The second-order valence-electron chi connectivity index (χ2n) is 8.23. The third kappa shape index (κ3) is 4.30. The van der Waals surface area contributed by atoms with E-state index in [1.807, 2.05) is 31.2 Å². The van der Waals surface area contributed by atoms with Gasteiger partial charge < -0.3 is 11.1 Å². The molecule has 5 aromatic rings. The van der Waals surface area contributed by atoms with E-state index in [4.69, 9.17) is 10.9 Å². The molecular weight excluding hydrogens is 476 g/mol. The molecule has 0 bridgehead atoms. The lowest BCUT2D eigenvalue weighted by molar-refractivity contribution is 0.102. The van der Waals surface area contributed by atoms with Crippen LogP contribution in [-0.4, -0.2) is 29.1 Å². The summed E-state index contributed by atoms with van der Waals surface area (Å²) in [4.78, 5) is 17.3. The Kier molecular flexibility index (Phi) is 5.75. The molecule has 10 heteroatoms. The number of aromatic nitrogens is 3. The molecule has 2 aromatic heterocycles. The Morgan fingerprint density at radius 2 is 1.72 bits per heavy atom. The van der Waals surface area contributed by atoms with Crippen LogP contribution in [0.15, 0.2) is 90.0 Å². The predicted molar refractivity (Wildman–Crippen MR) is 139 cm³/mol. The van der Waals surface area contributed by atoms with Crippen LogP contribution in [0.4, 0.5) is 11.6 Å². The van der Waals surface area contributed by atoms with Gasteiger partial charge in [0.1, 0.15) is 11.6 Å². The molecule has 0 aliphatic rings. The molecule has 0 aliphatic heterocycles. The smallest absolute Gasteiger partial charge is 0.256 e. The van der Waals surface area contributed by atoms with Gasteiger partial charge in [-0.2, -0.15) is 5.10 Å². The first-order valence-corrected chi connectivity index (χ1v) is 12.5. The lowest BCUT2D eigenvalue weighted by Crippen LogP contribution is -2.15. The third-order valence-electron chi connectivity index (χ3n) is 5.75. The van der Waals surface area contributed by atoms with Crippen molar-refractivity contribution in [1.29, 1.82) is 0 Å². The van der Waals surface area contributed by atoms with Crippen molar-refractivity contribution in [3.8, 4) is 16.8 Å². The maximum absolute atomic E-state index is 13.1. The number of pyridine rings is 1. The molecule has 0 unspecified atom stereocenters. The van der Waals surface area contributed by atoms with E-state index in [9.17, 15) is 13.2 Å². The molecule has 5 rings (SSSR count). The van der Waals surface area contributed by atoms with Crippen LogP contribution in [0.3, 0.4) is 0 Å². The van der Waals surface area contributed by atoms with Crippen molar-refractivity contribution in [3.63, 3.8) is 0 Å². The minimum atomic E-state index is -3.90. The molecule has 3 aromatic carbocycles. The largest absolute Gasteiger partial charge is 0.383 e. The summed E-state index contributed by atoms with van der Waals surface area (Å²) in [5.74, 6) is 0.481. The Morgan fingerprint density at radius 3 is 2.47 bits per heavy atom. The van der Waals surface area contributed by atoms with Gasteiger partial charge in [-0.1, -0.05) is 42.5 Å². The van der Waals surface area contributed by atoms with Crippen LogP contribution in [-0.2, 0) is 10.0 Å². The number of nitrogens with one attached hydrogen (secondary N) is 1. The van der Waals surface area contributed by atoms with Crippen LogP contribution in [0.1, 0.15) is 16.1 Å². The van der Waals surface area contributed by atoms with Gasteiger partial charge in [-0.05, 0) is 48.2 Å². The number of carbonyl (C=O) groups excluding carboxylic acids is 1. The third-order valence-corrected chi connectivity index (χ3v) is 6.72. The standard InChI is InChI=1S/C26H22N6O3S/c1-16-15-23(32(31-16)21-7-4-5-18-13-14-29-25(27)24(18)21)30-26(33)19-11-9-17(10-12-19)20-6-2-3-8-22(20)36(28,34)35/h2-15H,1H3,(H2,27,29)(H,30,33)(H2,28,34,35). The Morgan fingerprint density at radius 1 is 0.972 bits per heavy atom. The van der Waals surface area contributed by atoms with E-state index in [-0.39, 0.29) is 10.8 Å². The number of anilines is 2. The van der Waals surface area contributed by atoms with Gasteiger partial charge in [0.05, 0.1) is 16.3 Å². The van der Waals surface area contributed by atoms with Crippen LogP contribution in [0.5, 0.6) is 0 Å². The highest BCUT2D eigenvalue weighted by Crippen LogP contribution is 2.29. The fourth-order valence-corrected chi connectivity index (χ4v) is 4.89. The molecular formula is C26H22N6O3S. The zero-order chi connectivity index (χ0) is 25.4. The van der Waals surface area contributed by atoms with Gasteiger partial charge in [0.25, 0.3) is 5.91 Å². The van der Waals surface area contributed by atoms with Crippen molar-refractivity contribution in [1.82, 2.24) is 14.8 Å². The first-order valence-electron chi connectivity index (χ1n) is 11.0. The number of aryl methyl sites for hydroxylation is 1. The second-order valence-corrected chi connectivity index (χ2v) is 9.76. The number of benzene rings is 3. The lowest BCUT2D eigenvalue weighted by atomic mass is 10.0. The zero-order valence-electron chi connectivity index (χ0n) is 19.2. The number of sulfonamides is 1. The molecule has 36 heavy (non-hydrogen) atoms. The maximum atomic E-state index is 13.1. The van der Waals surface area contributed by atoms with Gasteiger partial charge in [-0.3, -0.25) is 4.79 Å². The summed E-state index contributed by atoms with van der Waals surface area (Å²) in [6, 6.07) is 22.4. The SMILES string of the molecule is Cc1cc(NC(=O)c2ccc(-c3ccccc3S(N)(=O)=O)cc2)n(-c2cccc3ccnc(N)c23)n1. The molecule has 0 fully saturated rings. The van der Waals surface area contributed by atoms with E-state index < -0.39 is 10.0 Å². The average molecular weight is 499 g/mol. The first-order chi connectivity index (χ1) is 17.2. The van der Waals surface area contributed by atoms with Crippen LogP contribution in [0, 0.1) is 6.92 Å². The number of nitrogen functional groups attached to an aromatic ring is 1. The van der Waals surface area contributed by atoms with E-state index in [0.29, 0.717) is 39.7 Å². The lowest BCUT2D eigenvalue weighted by Gasteiger charge is -2.13. The highest BCUT2D eigenvalue weighted by Gasteiger charge is 2.17. The molecule has 0 radical (unpaired) electrons. The number of primary sulfonamides is 1. The predicted octanol–water partition coefficient (Wildman–Crippen LogP) is 3.88.